The van der Waals surface area contributed by atoms with Gasteiger partial charge in [0.15, 0.2) is 0 Å². The fourth-order valence-electron chi connectivity index (χ4n) is 0.976. The van der Waals surface area contributed by atoms with E-state index in [1.54, 1.807) is 0 Å². The zero-order chi connectivity index (χ0) is 7.83. The lowest BCUT2D eigenvalue weighted by atomic mass is 9.92. The molecule has 0 bridgehead atoms. The van der Waals surface area contributed by atoms with Gasteiger partial charge in [-0.3, -0.25) is 0 Å². The number of hydrogen-bond acceptors (Lipinski definition) is 2. The maximum atomic E-state index is 12.7. The van der Waals surface area contributed by atoms with Crippen LogP contribution in [-0.4, -0.2) is 29.7 Å². The lowest BCUT2D eigenvalue weighted by molar-refractivity contribution is -0.184. The Bertz CT molecular complexity index is 125. The predicted molar refractivity (Wildman–Crippen MR) is 40.3 cm³/mol. The summed E-state index contributed by atoms with van der Waals surface area (Å²) in [4.78, 5) is 0. The molecule has 1 aliphatic rings. The molecule has 5 heteroatoms. The minimum Gasteiger partial charge on any atom is -0.383 e. The summed E-state index contributed by atoms with van der Waals surface area (Å²) in [7, 11) is 0. The van der Waals surface area contributed by atoms with Crippen molar-refractivity contribution < 1.29 is 13.9 Å². The number of aliphatic hydroxyl groups is 1. The van der Waals surface area contributed by atoms with Crippen LogP contribution in [0.15, 0.2) is 0 Å². The Kier molecular flexibility index (Phi) is 3.23. The van der Waals surface area contributed by atoms with Gasteiger partial charge in [0.2, 0.25) is 0 Å². The van der Waals surface area contributed by atoms with Crippen LogP contribution in [0.25, 0.3) is 0 Å². The molecule has 2 N–H and O–H groups in total. The topological polar surface area (TPSA) is 32.3 Å². The molecule has 1 saturated heterocycles. The first-order valence-corrected chi connectivity index (χ1v) is 3.27. The molecule has 1 heterocycles. The van der Waals surface area contributed by atoms with E-state index in [1.807, 2.05) is 0 Å². The summed E-state index contributed by atoms with van der Waals surface area (Å²) >= 11 is 0. The molecule has 0 spiro atoms. The predicted octanol–water partition coefficient (Wildman–Crippen LogP) is 0.788. The van der Waals surface area contributed by atoms with Gasteiger partial charge in [0, 0.05) is 19.5 Å². The molecule has 0 amide bonds. The molecule has 0 radical (unpaired) electrons. The van der Waals surface area contributed by atoms with Gasteiger partial charge >= 0.3 is 0 Å². The second-order valence-electron chi connectivity index (χ2n) is 2.91. The number of β-amino-alcohol motifs (C(OH)–C–C–N with tert-alkyl or cyclic N) is 1. The van der Waals surface area contributed by atoms with Crippen molar-refractivity contribution in [3.05, 3.63) is 0 Å². The molecule has 1 aliphatic heterocycles. The first-order chi connectivity index (χ1) is 4.46. The molecule has 0 saturated carbocycles. The van der Waals surface area contributed by atoms with Gasteiger partial charge in [-0.05, 0) is 6.92 Å². The number of alkyl halides is 2. The molecule has 0 aromatic heterocycles. The highest BCUT2D eigenvalue weighted by Gasteiger charge is 2.50. The molecule has 1 atom stereocenters. The summed E-state index contributed by atoms with van der Waals surface area (Å²) in [6.07, 6.45) is -0.278. The minimum absolute atomic E-state index is 0. The molecular formula is C6H12ClF2NO. The monoisotopic (exact) mass is 187 g/mol. The third-order valence-electron chi connectivity index (χ3n) is 1.87. The molecule has 0 aromatic rings. The molecule has 1 unspecified atom stereocenters. The van der Waals surface area contributed by atoms with E-state index in [9.17, 15) is 8.78 Å². The Balaban J connectivity index is 0.000001000. The maximum absolute atomic E-state index is 12.7. The van der Waals surface area contributed by atoms with E-state index in [2.05, 4.69) is 5.32 Å². The summed E-state index contributed by atoms with van der Waals surface area (Å²) in [6.45, 7) is 1.41. The van der Waals surface area contributed by atoms with Crippen molar-refractivity contribution in [1.82, 2.24) is 5.32 Å². The van der Waals surface area contributed by atoms with Crippen molar-refractivity contribution in [2.24, 2.45) is 0 Å². The fourth-order valence-corrected chi connectivity index (χ4v) is 0.976. The van der Waals surface area contributed by atoms with Gasteiger partial charge in [-0.1, -0.05) is 0 Å². The van der Waals surface area contributed by atoms with Crippen LogP contribution in [-0.2, 0) is 0 Å². The molecule has 68 valence electrons. The van der Waals surface area contributed by atoms with Gasteiger partial charge in [-0.15, -0.1) is 12.4 Å². The Morgan fingerprint density at radius 1 is 1.45 bits per heavy atom. The first kappa shape index (κ1) is 11.1. The number of rotatable bonds is 0. The minimum atomic E-state index is -2.93. The van der Waals surface area contributed by atoms with Crippen LogP contribution in [0.3, 0.4) is 0 Å². The molecule has 11 heavy (non-hydrogen) atoms. The average Bonchev–Trinajstić information content (AvgIpc) is 1.77. The number of piperidine rings is 1. The van der Waals surface area contributed by atoms with Crippen LogP contribution in [0.2, 0.25) is 0 Å². The van der Waals surface area contributed by atoms with Gasteiger partial charge in [0.05, 0.1) is 0 Å². The summed E-state index contributed by atoms with van der Waals surface area (Å²) in [5.74, 6) is -2.93. The van der Waals surface area contributed by atoms with Crippen molar-refractivity contribution in [2.45, 2.75) is 24.9 Å². The zero-order valence-corrected chi connectivity index (χ0v) is 7.05. The third-order valence-corrected chi connectivity index (χ3v) is 1.87. The Labute approximate surface area is 70.4 Å². The molecule has 0 aliphatic carbocycles. The van der Waals surface area contributed by atoms with E-state index in [0.29, 0.717) is 0 Å². The standard InChI is InChI=1S/C6H11F2NO.ClH/c1-5(10)4-9-3-2-6(5,7)8;/h9-10H,2-4H2,1H3;1H. The smallest absolute Gasteiger partial charge is 0.278 e. The van der Waals surface area contributed by atoms with Crippen LogP contribution in [0, 0.1) is 0 Å². The summed E-state index contributed by atoms with van der Waals surface area (Å²) in [5, 5.41) is 11.8. The van der Waals surface area contributed by atoms with E-state index >= 15 is 0 Å². The molecule has 0 aromatic carbocycles. The largest absolute Gasteiger partial charge is 0.383 e. The van der Waals surface area contributed by atoms with Crippen LogP contribution in [0.1, 0.15) is 13.3 Å². The fraction of sp³-hybridized carbons (Fsp3) is 1.00. The average molecular weight is 188 g/mol. The van der Waals surface area contributed by atoms with E-state index in [1.165, 1.54) is 0 Å². The van der Waals surface area contributed by atoms with Gasteiger partial charge in [0.25, 0.3) is 5.92 Å². The summed E-state index contributed by atoms with van der Waals surface area (Å²) in [6, 6.07) is 0. The Morgan fingerprint density at radius 3 is 2.27 bits per heavy atom. The van der Waals surface area contributed by atoms with Crippen molar-refractivity contribution in [2.75, 3.05) is 13.1 Å². The number of hydrogen-bond donors (Lipinski definition) is 2. The normalized spacial score (nSPS) is 36.0. The van der Waals surface area contributed by atoms with Gasteiger partial charge in [0.1, 0.15) is 5.60 Å². The highest BCUT2D eigenvalue weighted by molar-refractivity contribution is 5.85. The van der Waals surface area contributed by atoms with Crippen molar-refractivity contribution in [1.29, 1.82) is 0 Å². The van der Waals surface area contributed by atoms with Crippen molar-refractivity contribution in [3.8, 4) is 0 Å². The lowest BCUT2D eigenvalue weighted by Crippen LogP contribution is -2.57. The third kappa shape index (κ3) is 2.01. The second-order valence-corrected chi connectivity index (χ2v) is 2.91. The van der Waals surface area contributed by atoms with E-state index in [-0.39, 0.29) is 31.9 Å². The first-order valence-electron chi connectivity index (χ1n) is 3.27. The van der Waals surface area contributed by atoms with Crippen LogP contribution in [0.5, 0.6) is 0 Å². The zero-order valence-electron chi connectivity index (χ0n) is 6.23. The lowest BCUT2D eigenvalue weighted by Gasteiger charge is -2.36. The summed E-state index contributed by atoms with van der Waals surface area (Å²) < 4.78 is 25.4. The Morgan fingerprint density at radius 2 is 2.00 bits per heavy atom. The van der Waals surface area contributed by atoms with Gasteiger partial charge in [-0.2, -0.15) is 0 Å². The summed E-state index contributed by atoms with van der Waals surface area (Å²) in [5.41, 5.74) is -1.87. The molecule has 1 rings (SSSR count). The highest BCUT2D eigenvalue weighted by Crippen LogP contribution is 2.33. The maximum Gasteiger partial charge on any atom is 0.278 e. The number of halogens is 3. The van der Waals surface area contributed by atoms with Crippen LogP contribution < -0.4 is 5.32 Å². The Hall–Kier alpha value is 0.0700. The molecule has 1 fully saturated rings. The SMILES string of the molecule is CC1(O)CNCCC1(F)F.Cl. The van der Waals surface area contributed by atoms with E-state index < -0.39 is 11.5 Å². The van der Waals surface area contributed by atoms with Crippen molar-refractivity contribution >= 4 is 12.4 Å². The highest BCUT2D eigenvalue weighted by atomic mass is 35.5. The van der Waals surface area contributed by atoms with Gasteiger partial charge in [-0.25, -0.2) is 8.78 Å². The van der Waals surface area contributed by atoms with Crippen LogP contribution in [0.4, 0.5) is 8.78 Å². The number of nitrogens with one attached hydrogen (secondary N) is 1. The molecule has 2 nitrogen and oxygen atoms in total. The quantitative estimate of drug-likeness (QED) is 0.588. The second kappa shape index (κ2) is 3.21. The van der Waals surface area contributed by atoms with Crippen LogP contribution >= 0.6 is 12.4 Å². The van der Waals surface area contributed by atoms with Gasteiger partial charge < -0.3 is 10.4 Å². The van der Waals surface area contributed by atoms with E-state index in [0.717, 1.165) is 6.92 Å². The van der Waals surface area contributed by atoms with Crippen molar-refractivity contribution in [3.63, 3.8) is 0 Å². The molecular weight excluding hydrogens is 176 g/mol. The van der Waals surface area contributed by atoms with E-state index in [4.69, 9.17) is 5.11 Å².